The van der Waals surface area contributed by atoms with Crippen molar-refractivity contribution < 1.29 is 9.53 Å². The van der Waals surface area contributed by atoms with Crippen LogP contribution in [0.2, 0.25) is 0 Å². The molecule has 3 rings (SSSR count). The van der Waals surface area contributed by atoms with Crippen molar-refractivity contribution in [2.45, 2.75) is 46.2 Å². The Balaban J connectivity index is 2.22. The van der Waals surface area contributed by atoms with Gasteiger partial charge in [-0.05, 0) is 51.8 Å². The van der Waals surface area contributed by atoms with Gasteiger partial charge in [0.05, 0.1) is 12.0 Å². The second-order valence-corrected chi connectivity index (χ2v) is 8.55. The summed E-state index contributed by atoms with van der Waals surface area (Å²) in [5, 5.41) is 0.615. The molecule has 0 unspecified atom stereocenters. The van der Waals surface area contributed by atoms with Crippen molar-refractivity contribution in [3.8, 4) is 0 Å². The summed E-state index contributed by atoms with van der Waals surface area (Å²) in [6.45, 7) is 4.91. The molecule has 0 amide bonds. The smallest absolute Gasteiger partial charge is 0.332 e. The molecule has 0 radical (unpaired) electrons. The van der Waals surface area contributed by atoms with Crippen LogP contribution in [0.3, 0.4) is 0 Å². The zero-order chi connectivity index (χ0) is 19.7. The number of aromatic nitrogens is 2. The number of ether oxygens (including phenoxy) is 1. The molecule has 1 aliphatic rings. The number of likely N-dealkylation sites (N-methyl/N-ethyl adjacent to an activating group) is 1. The van der Waals surface area contributed by atoms with Gasteiger partial charge in [-0.1, -0.05) is 6.92 Å². The molecule has 27 heavy (non-hydrogen) atoms. The number of hydrogen-bond donors (Lipinski definition) is 0. The molecular weight excluding hydrogens is 366 g/mol. The number of esters is 1. The Labute approximate surface area is 162 Å². The number of nitrogens with zero attached hydrogens (tertiary/aromatic N) is 3. The molecule has 0 N–H and O–H groups in total. The van der Waals surface area contributed by atoms with Crippen LogP contribution < -0.4 is 11.2 Å². The van der Waals surface area contributed by atoms with Gasteiger partial charge in [0.2, 0.25) is 0 Å². The predicted molar refractivity (Wildman–Crippen MR) is 107 cm³/mol. The van der Waals surface area contributed by atoms with Crippen LogP contribution in [0.25, 0.3) is 10.2 Å². The molecule has 0 saturated heterocycles. The van der Waals surface area contributed by atoms with Gasteiger partial charge in [0, 0.05) is 18.0 Å². The Hall–Kier alpha value is -1.93. The van der Waals surface area contributed by atoms with E-state index in [9.17, 15) is 14.4 Å². The van der Waals surface area contributed by atoms with Gasteiger partial charge in [0.25, 0.3) is 5.56 Å². The maximum atomic E-state index is 13.2. The van der Waals surface area contributed by atoms with Crippen molar-refractivity contribution in [3.05, 3.63) is 31.3 Å². The van der Waals surface area contributed by atoms with Crippen molar-refractivity contribution in [2.75, 3.05) is 27.2 Å². The zero-order valence-corrected chi connectivity index (χ0v) is 17.2. The number of rotatable bonds is 6. The van der Waals surface area contributed by atoms with Crippen LogP contribution in [0.15, 0.2) is 9.59 Å². The Morgan fingerprint density at radius 1 is 1.30 bits per heavy atom. The van der Waals surface area contributed by atoms with E-state index in [0.717, 1.165) is 34.2 Å². The predicted octanol–water partition coefficient (Wildman–Crippen LogP) is 1.47. The molecule has 0 saturated carbocycles. The second kappa shape index (κ2) is 7.98. The first-order chi connectivity index (χ1) is 12.8. The van der Waals surface area contributed by atoms with Gasteiger partial charge >= 0.3 is 11.7 Å². The van der Waals surface area contributed by atoms with E-state index in [-0.39, 0.29) is 18.7 Å². The van der Waals surface area contributed by atoms with Gasteiger partial charge in [0.1, 0.15) is 11.4 Å². The summed E-state index contributed by atoms with van der Waals surface area (Å²) in [5.74, 6) is -0.0527. The minimum Gasteiger partial charge on any atom is -0.465 e. The van der Waals surface area contributed by atoms with E-state index >= 15 is 0 Å². The highest BCUT2D eigenvalue weighted by Crippen LogP contribution is 2.36. The molecule has 8 heteroatoms. The molecule has 2 aromatic rings. The molecule has 0 fully saturated rings. The number of carbonyl (C=O) groups is 1. The van der Waals surface area contributed by atoms with Gasteiger partial charge in [-0.2, -0.15) is 0 Å². The first-order valence-electron chi connectivity index (χ1n) is 9.41. The molecule has 0 bridgehead atoms. The average Bonchev–Trinajstić information content (AvgIpc) is 2.97. The summed E-state index contributed by atoms with van der Waals surface area (Å²) in [5.41, 5.74) is 0.264. The first kappa shape index (κ1) is 19.8. The van der Waals surface area contributed by atoms with E-state index in [0.29, 0.717) is 24.4 Å². The third-order valence-electron chi connectivity index (χ3n) is 5.02. The quantitative estimate of drug-likeness (QED) is 0.695. The van der Waals surface area contributed by atoms with Crippen molar-refractivity contribution in [1.82, 2.24) is 14.0 Å². The second-order valence-electron chi connectivity index (χ2n) is 7.47. The number of thiophene rings is 1. The molecular formula is C19H27N3O4S. The maximum absolute atomic E-state index is 13.2. The summed E-state index contributed by atoms with van der Waals surface area (Å²) in [4.78, 5) is 42.1. The van der Waals surface area contributed by atoms with E-state index < -0.39 is 11.7 Å². The third kappa shape index (κ3) is 3.87. The normalized spacial score (nSPS) is 16.7. The van der Waals surface area contributed by atoms with Crippen LogP contribution in [-0.2, 0) is 35.5 Å². The number of fused-ring (bicyclic) bond motifs is 3. The standard InChI is InChI=1S/C19H27N3O4S/c1-5-26-15(23)11-22-17(24)16-13-10-12(2)6-7-14(13)27-18(16)21(19(22)25)9-8-20(3)4/h12H,5-11H2,1-4H3/t12-/m0/s1. The lowest BCUT2D eigenvalue weighted by atomic mass is 9.89. The van der Waals surface area contributed by atoms with Gasteiger partial charge < -0.3 is 9.64 Å². The highest BCUT2D eigenvalue weighted by atomic mass is 32.1. The minimum atomic E-state index is -0.562. The summed E-state index contributed by atoms with van der Waals surface area (Å²) in [6, 6.07) is 0. The van der Waals surface area contributed by atoms with Crippen LogP contribution in [0.1, 0.15) is 30.7 Å². The van der Waals surface area contributed by atoms with Crippen molar-refractivity contribution in [3.63, 3.8) is 0 Å². The third-order valence-corrected chi connectivity index (χ3v) is 6.33. The van der Waals surface area contributed by atoms with Gasteiger partial charge in [-0.25, -0.2) is 9.36 Å². The average molecular weight is 394 g/mol. The largest absolute Gasteiger partial charge is 0.465 e. The lowest BCUT2D eigenvalue weighted by Crippen LogP contribution is -2.42. The van der Waals surface area contributed by atoms with Gasteiger partial charge in [-0.3, -0.25) is 14.2 Å². The summed E-state index contributed by atoms with van der Waals surface area (Å²) < 4.78 is 7.66. The highest BCUT2D eigenvalue weighted by Gasteiger charge is 2.26. The van der Waals surface area contributed by atoms with Crippen molar-refractivity contribution >= 4 is 27.5 Å². The van der Waals surface area contributed by atoms with Crippen molar-refractivity contribution in [2.24, 2.45) is 5.92 Å². The van der Waals surface area contributed by atoms with Crippen LogP contribution in [0, 0.1) is 5.92 Å². The Bertz CT molecular complexity index is 970. The number of hydrogen-bond acceptors (Lipinski definition) is 6. The first-order valence-corrected chi connectivity index (χ1v) is 10.2. The van der Waals surface area contributed by atoms with Crippen LogP contribution >= 0.6 is 11.3 Å². The number of aryl methyl sites for hydroxylation is 1. The molecule has 2 heterocycles. The topological polar surface area (TPSA) is 73.5 Å². The fourth-order valence-electron chi connectivity index (χ4n) is 3.58. The number of carbonyl (C=O) groups excluding carboxylic acids is 1. The zero-order valence-electron chi connectivity index (χ0n) is 16.4. The fraction of sp³-hybridized carbons (Fsp3) is 0.632. The van der Waals surface area contributed by atoms with Crippen molar-refractivity contribution in [1.29, 1.82) is 0 Å². The summed E-state index contributed by atoms with van der Waals surface area (Å²) in [7, 11) is 3.88. The van der Waals surface area contributed by atoms with Crippen LogP contribution in [0.5, 0.6) is 0 Å². The molecule has 0 aliphatic heterocycles. The molecule has 1 atom stereocenters. The van der Waals surface area contributed by atoms with E-state index in [4.69, 9.17) is 4.74 Å². The lowest BCUT2D eigenvalue weighted by molar-refractivity contribution is -0.143. The highest BCUT2D eigenvalue weighted by molar-refractivity contribution is 7.18. The monoisotopic (exact) mass is 393 g/mol. The molecule has 2 aromatic heterocycles. The SMILES string of the molecule is CCOC(=O)Cn1c(=O)c2c3c(sc2n(CCN(C)C)c1=O)CC[C@H](C)C3. The van der Waals surface area contributed by atoms with Gasteiger partial charge in [0.15, 0.2) is 0 Å². The van der Waals surface area contributed by atoms with E-state index in [1.54, 1.807) is 22.8 Å². The van der Waals surface area contributed by atoms with E-state index in [1.165, 1.54) is 4.88 Å². The minimum absolute atomic E-state index is 0.218. The fourth-order valence-corrected chi connectivity index (χ4v) is 4.94. The molecule has 1 aliphatic carbocycles. The Kier molecular flexibility index (Phi) is 5.86. The van der Waals surface area contributed by atoms with Crippen LogP contribution in [-0.4, -0.2) is 47.3 Å². The van der Waals surface area contributed by atoms with Crippen LogP contribution in [0.4, 0.5) is 0 Å². The van der Waals surface area contributed by atoms with E-state index in [2.05, 4.69) is 6.92 Å². The van der Waals surface area contributed by atoms with E-state index in [1.807, 2.05) is 19.0 Å². The molecule has 148 valence electrons. The van der Waals surface area contributed by atoms with Gasteiger partial charge in [-0.15, -0.1) is 11.3 Å². The maximum Gasteiger partial charge on any atom is 0.332 e. The summed E-state index contributed by atoms with van der Waals surface area (Å²) in [6.07, 6.45) is 2.88. The molecule has 0 spiro atoms. The molecule has 7 nitrogen and oxygen atoms in total. The Morgan fingerprint density at radius 2 is 2.04 bits per heavy atom. The Morgan fingerprint density at radius 3 is 2.70 bits per heavy atom. The lowest BCUT2D eigenvalue weighted by Gasteiger charge is -2.18. The molecule has 0 aromatic carbocycles. The summed E-state index contributed by atoms with van der Waals surface area (Å²) >= 11 is 1.56.